The van der Waals surface area contributed by atoms with Crippen LogP contribution in [0.3, 0.4) is 0 Å². The summed E-state index contributed by atoms with van der Waals surface area (Å²) in [6, 6.07) is 9.40. The van der Waals surface area contributed by atoms with E-state index in [1.807, 2.05) is 4.90 Å². The van der Waals surface area contributed by atoms with Gasteiger partial charge in [-0.25, -0.2) is 0 Å². The predicted molar refractivity (Wildman–Crippen MR) is 165 cm³/mol. The third-order valence-electron chi connectivity index (χ3n) is 10.4. The largest absolute Gasteiger partial charge is 0.496 e. The van der Waals surface area contributed by atoms with Gasteiger partial charge < -0.3 is 19.3 Å². The normalized spacial score (nSPS) is 35.3. The lowest BCUT2D eigenvalue weighted by Gasteiger charge is -2.56. The minimum atomic E-state index is -0.238. The minimum Gasteiger partial charge on any atom is -0.496 e. The van der Waals surface area contributed by atoms with E-state index >= 15 is 0 Å². The minimum absolute atomic E-state index is 0.0856. The second kappa shape index (κ2) is 12.8. The first-order chi connectivity index (χ1) is 20.4. The number of benzene rings is 1. The topological polar surface area (TPSA) is 93.1 Å². The van der Waals surface area contributed by atoms with Crippen LogP contribution in [0.4, 0.5) is 0 Å². The summed E-state index contributed by atoms with van der Waals surface area (Å²) >= 11 is 2.12. The molecule has 228 valence electrons. The smallest absolute Gasteiger partial charge is 0.246 e. The second-order valence-corrected chi connectivity index (χ2v) is 14.2. The summed E-state index contributed by atoms with van der Waals surface area (Å²) in [5.74, 6) is 2.36. The number of amides is 1. The Hall–Kier alpha value is -2.13. The van der Waals surface area contributed by atoms with Gasteiger partial charge in [0.25, 0.3) is 0 Å². The number of hydrogen-bond acceptors (Lipinski definition) is 9. The number of likely N-dealkylation sites (N-methyl/N-ethyl adjacent to an activating group) is 1. The summed E-state index contributed by atoms with van der Waals surface area (Å²) in [6.45, 7) is 7.58. The highest BCUT2D eigenvalue weighted by atomic mass is 32.2. The molecule has 1 aromatic carbocycles. The summed E-state index contributed by atoms with van der Waals surface area (Å²) in [5, 5.41) is 17.3. The van der Waals surface area contributed by atoms with Gasteiger partial charge in [-0.1, -0.05) is 18.7 Å². The molecule has 1 aromatic rings. The lowest BCUT2D eigenvalue weighted by molar-refractivity contribution is -0.135. The van der Waals surface area contributed by atoms with E-state index in [1.165, 1.54) is 30.0 Å². The molecule has 1 amide bonds. The number of ether oxygens (including phenoxy) is 2. The first-order valence-electron chi connectivity index (χ1n) is 15.6. The van der Waals surface area contributed by atoms with Gasteiger partial charge in [0.1, 0.15) is 5.75 Å². The molecule has 10 heteroatoms. The Morgan fingerprint density at radius 3 is 2.90 bits per heavy atom. The third-order valence-corrected chi connectivity index (χ3v) is 12.0. The molecule has 0 radical (unpaired) electrons. The maximum atomic E-state index is 12.6. The highest BCUT2D eigenvalue weighted by molar-refractivity contribution is 8.00. The van der Waals surface area contributed by atoms with Gasteiger partial charge in [-0.2, -0.15) is 5.26 Å². The van der Waals surface area contributed by atoms with Crippen molar-refractivity contribution in [2.45, 2.75) is 86.1 Å². The number of likely N-dealkylation sites (tertiary alicyclic amines) is 1. The maximum Gasteiger partial charge on any atom is 0.246 e. The molecule has 5 aliphatic rings. The van der Waals surface area contributed by atoms with Crippen LogP contribution in [0.25, 0.3) is 0 Å². The lowest BCUT2D eigenvalue weighted by atomic mass is 9.72. The molecule has 1 saturated carbocycles. The van der Waals surface area contributed by atoms with E-state index < -0.39 is 0 Å². The van der Waals surface area contributed by atoms with Crippen molar-refractivity contribution in [3.05, 3.63) is 42.0 Å². The zero-order valence-corrected chi connectivity index (χ0v) is 25.9. The fourth-order valence-electron chi connectivity index (χ4n) is 8.09. The monoisotopic (exact) mass is 594 g/mol. The van der Waals surface area contributed by atoms with Crippen LogP contribution < -0.4 is 15.4 Å². The number of nitrogens with one attached hydrogen (secondary N) is 2. The molecule has 4 aliphatic heterocycles. The van der Waals surface area contributed by atoms with Gasteiger partial charge in [0, 0.05) is 48.1 Å². The summed E-state index contributed by atoms with van der Waals surface area (Å²) in [4.78, 5) is 19.3. The predicted octanol–water partition coefficient (Wildman–Crippen LogP) is 2.92. The average molecular weight is 595 g/mol. The number of fused-ring (bicyclic) bond motifs is 2. The quantitative estimate of drug-likeness (QED) is 0.463. The van der Waals surface area contributed by atoms with Crippen molar-refractivity contribution in [3.63, 3.8) is 0 Å². The van der Waals surface area contributed by atoms with Crippen molar-refractivity contribution in [2.24, 2.45) is 5.92 Å². The van der Waals surface area contributed by atoms with Crippen molar-refractivity contribution in [1.82, 2.24) is 25.3 Å². The lowest BCUT2D eigenvalue weighted by Crippen LogP contribution is -2.73. The van der Waals surface area contributed by atoms with Crippen molar-refractivity contribution in [1.29, 1.82) is 5.26 Å². The van der Waals surface area contributed by atoms with Gasteiger partial charge >= 0.3 is 0 Å². The molecule has 6 unspecified atom stereocenters. The van der Waals surface area contributed by atoms with E-state index in [1.54, 1.807) is 7.11 Å². The van der Waals surface area contributed by atoms with Crippen LogP contribution in [0.2, 0.25) is 0 Å². The molecular weight excluding hydrogens is 548 g/mol. The third kappa shape index (κ3) is 5.97. The number of methoxy groups -OCH3 is 1. The van der Waals surface area contributed by atoms with Gasteiger partial charge in [-0.05, 0) is 75.4 Å². The molecule has 0 aromatic heterocycles. The Bertz CT molecular complexity index is 1180. The zero-order chi connectivity index (χ0) is 29.3. The van der Waals surface area contributed by atoms with E-state index in [0.717, 1.165) is 50.3 Å². The highest BCUT2D eigenvalue weighted by Crippen LogP contribution is 2.51. The maximum absolute atomic E-state index is 12.6. The molecule has 0 bridgehead atoms. The summed E-state index contributed by atoms with van der Waals surface area (Å²) < 4.78 is 12.5. The highest BCUT2D eigenvalue weighted by Gasteiger charge is 2.50. The van der Waals surface area contributed by atoms with Gasteiger partial charge in [-0.15, -0.1) is 11.8 Å². The summed E-state index contributed by atoms with van der Waals surface area (Å²) in [6.07, 6.45) is 8.36. The van der Waals surface area contributed by atoms with Crippen LogP contribution in [0.5, 0.6) is 5.75 Å². The number of thioether (sulfide) groups is 1. The zero-order valence-electron chi connectivity index (χ0n) is 25.1. The van der Waals surface area contributed by atoms with E-state index in [0.29, 0.717) is 44.1 Å². The molecule has 4 fully saturated rings. The molecular formula is C32H46N6O3S. The van der Waals surface area contributed by atoms with Gasteiger partial charge in [0.15, 0.2) is 6.35 Å². The van der Waals surface area contributed by atoms with E-state index in [9.17, 15) is 10.1 Å². The van der Waals surface area contributed by atoms with Gasteiger partial charge in [0.2, 0.25) is 5.91 Å². The van der Waals surface area contributed by atoms with Gasteiger partial charge in [0.05, 0.1) is 38.4 Å². The molecule has 2 N–H and O–H groups in total. The molecule has 1 spiro atoms. The van der Waals surface area contributed by atoms with E-state index in [2.05, 4.69) is 70.1 Å². The van der Waals surface area contributed by atoms with Crippen LogP contribution in [-0.4, -0.2) is 103 Å². The standard InChI is InChI=1S/C32H46N6O3S/c1-4-29(39)38-16-15-37(19-23(38)11-13-33)30-25-10-12-32(17-26-22(21-42-32)7-5-9-28(26)40-3)18-27(25)34-31(35-30)41-20-24-8-6-14-36(24)2/h4-5,7,9,23-25,27,30-31,34-35H,1,6,8,10-12,14-21H2,2-3H3/t23?,24?,25?,27?,30?,31?,32-/m1/s1. The van der Waals surface area contributed by atoms with Crippen molar-refractivity contribution in [2.75, 3.05) is 46.9 Å². The summed E-state index contributed by atoms with van der Waals surface area (Å²) in [5.41, 5.74) is 2.78. The van der Waals surface area contributed by atoms with Crippen molar-refractivity contribution >= 4 is 17.7 Å². The number of rotatable bonds is 7. The van der Waals surface area contributed by atoms with Crippen LogP contribution in [0.1, 0.15) is 49.7 Å². The van der Waals surface area contributed by atoms with Crippen LogP contribution in [-0.2, 0) is 21.7 Å². The molecule has 1 aliphatic carbocycles. The molecule has 4 heterocycles. The Balaban J connectivity index is 1.22. The number of carbonyl (C=O) groups excluding carboxylic acids is 1. The molecule has 3 saturated heterocycles. The van der Waals surface area contributed by atoms with E-state index in [-0.39, 0.29) is 29.2 Å². The molecule has 42 heavy (non-hydrogen) atoms. The SMILES string of the molecule is C=CC(=O)N1CCN(C2NC(OCC3CCCN3C)NC3C[C@@]4(CCC32)Cc2c(cccc2OC)CS4)CC1CC#N. The number of nitriles is 1. The number of hydrogen-bond donors (Lipinski definition) is 2. The van der Waals surface area contributed by atoms with Crippen molar-refractivity contribution in [3.8, 4) is 11.8 Å². The van der Waals surface area contributed by atoms with Crippen LogP contribution in [0, 0.1) is 17.2 Å². The van der Waals surface area contributed by atoms with Crippen LogP contribution >= 0.6 is 11.8 Å². The number of piperazine rings is 1. The van der Waals surface area contributed by atoms with Crippen LogP contribution in [0.15, 0.2) is 30.9 Å². The Kier molecular flexibility index (Phi) is 9.15. The molecule has 6 rings (SSSR count). The Morgan fingerprint density at radius 1 is 1.26 bits per heavy atom. The Labute approximate surface area is 254 Å². The fourth-order valence-corrected chi connectivity index (χ4v) is 9.63. The number of nitrogens with zero attached hydrogens (tertiary/aromatic N) is 4. The fraction of sp³-hybridized carbons (Fsp3) is 0.688. The first-order valence-corrected chi connectivity index (χ1v) is 16.6. The Morgan fingerprint density at radius 2 is 2.14 bits per heavy atom. The average Bonchev–Trinajstić information content (AvgIpc) is 3.43. The number of carbonyl (C=O) groups is 1. The molecule has 7 atom stereocenters. The second-order valence-electron chi connectivity index (χ2n) is 12.8. The van der Waals surface area contributed by atoms with E-state index in [4.69, 9.17) is 9.47 Å². The van der Waals surface area contributed by atoms with Crippen molar-refractivity contribution < 1.29 is 14.3 Å². The van der Waals surface area contributed by atoms with Gasteiger partial charge in [-0.3, -0.25) is 20.3 Å². The molecule has 9 nitrogen and oxygen atoms in total. The summed E-state index contributed by atoms with van der Waals surface area (Å²) in [7, 11) is 3.98. The first kappa shape index (κ1) is 29.9.